The number of aliphatic carboxylic acids is 1. The van der Waals surface area contributed by atoms with Crippen LogP contribution in [0, 0.1) is 5.92 Å². The molecule has 1 fully saturated rings. The van der Waals surface area contributed by atoms with Gasteiger partial charge in [0.25, 0.3) is 0 Å². The van der Waals surface area contributed by atoms with Gasteiger partial charge in [0.1, 0.15) is 42.3 Å². The van der Waals surface area contributed by atoms with Crippen LogP contribution >= 0.6 is 25.3 Å². The second kappa shape index (κ2) is 27.2. The lowest BCUT2D eigenvalue weighted by molar-refractivity contribution is -0.142. The molecule has 23 nitrogen and oxygen atoms in total. The Morgan fingerprint density at radius 2 is 1.37 bits per heavy atom. The molecule has 0 saturated carbocycles. The summed E-state index contributed by atoms with van der Waals surface area (Å²) in [4.78, 5) is 125. The van der Waals surface area contributed by atoms with Crippen LogP contribution in [0.5, 0.6) is 0 Å². The highest BCUT2D eigenvalue weighted by atomic mass is 32.1. The van der Waals surface area contributed by atoms with E-state index in [4.69, 9.17) is 17.2 Å². The number of unbranched alkanes of at least 4 members (excludes halogenated alkanes) is 1. The van der Waals surface area contributed by atoms with Gasteiger partial charge in [-0.15, -0.1) is 0 Å². The number of carboxylic acid groups (broad SMARTS) is 1. The molecular formula is C37H62N12O11S2. The first-order valence-corrected chi connectivity index (χ1v) is 21.5. The smallest absolute Gasteiger partial charge is 0.326 e. The van der Waals surface area contributed by atoms with Gasteiger partial charge in [0.15, 0.2) is 0 Å². The van der Waals surface area contributed by atoms with E-state index >= 15 is 0 Å². The molecule has 25 heteroatoms. The molecule has 0 aliphatic carbocycles. The van der Waals surface area contributed by atoms with Gasteiger partial charge >= 0.3 is 5.97 Å². The molecule has 8 amide bonds. The van der Waals surface area contributed by atoms with E-state index in [1.54, 1.807) is 0 Å². The SMILES string of the molecule is CC(C)CC(N)C(=O)N1CCCC1C(=O)NC(CS)C(=O)NC(CO)C(=O)NC(CS)C(=O)NC(CCCCN)C(=O)NC(Cc1cnc[nH]1)C(=O)NC(CCC(N)=O)C(=O)O. The first-order chi connectivity index (χ1) is 29.4. The van der Waals surface area contributed by atoms with Crippen molar-refractivity contribution in [3.8, 4) is 0 Å². The van der Waals surface area contributed by atoms with Crippen molar-refractivity contribution in [1.82, 2.24) is 46.8 Å². The van der Waals surface area contributed by atoms with E-state index in [1.807, 2.05) is 13.8 Å². The summed E-state index contributed by atoms with van der Waals surface area (Å²) >= 11 is 8.34. The lowest BCUT2D eigenvalue weighted by Crippen LogP contribution is -2.61. The van der Waals surface area contributed by atoms with Crippen molar-refractivity contribution < 1.29 is 53.4 Å². The average molecular weight is 915 g/mol. The molecule has 2 heterocycles. The molecule has 0 bridgehead atoms. The highest BCUT2D eigenvalue weighted by Gasteiger charge is 2.38. The predicted molar refractivity (Wildman–Crippen MR) is 230 cm³/mol. The van der Waals surface area contributed by atoms with Crippen LogP contribution in [0.3, 0.4) is 0 Å². The Hall–Kier alpha value is -4.98. The van der Waals surface area contributed by atoms with Crippen LogP contribution in [0.1, 0.15) is 70.9 Å². The highest BCUT2D eigenvalue weighted by molar-refractivity contribution is 7.80. The molecule has 8 unspecified atom stereocenters. The Balaban J connectivity index is 2.16. The topological polar surface area (TPSA) is 376 Å². The largest absolute Gasteiger partial charge is 0.480 e. The van der Waals surface area contributed by atoms with Gasteiger partial charge in [-0.25, -0.2) is 9.78 Å². The van der Waals surface area contributed by atoms with Crippen LogP contribution in [0.2, 0.25) is 0 Å². The summed E-state index contributed by atoms with van der Waals surface area (Å²) in [5.74, 6) is -8.23. The second-order valence-corrected chi connectivity index (χ2v) is 16.0. The van der Waals surface area contributed by atoms with Crippen LogP contribution in [-0.4, -0.2) is 158 Å². The molecule has 1 saturated heterocycles. The average Bonchev–Trinajstić information content (AvgIpc) is 3.94. The van der Waals surface area contributed by atoms with Crippen LogP contribution in [0.4, 0.5) is 0 Å². The molecule has 15 N–H and O–H groups in total. The summed E-state index contributed by atoms with van der Waals surface area (Å²) in [6, 6.07) is -10.3. The fraction of sp³-hybridized carbons (Fsp3) is 0.676. The Morgan fingerprint density at radius 1 is 0.823 bits per heavy atom. The Bertz CT molecular complexity index is 1690. The number of H-pyrrole nitrogens is 1. The minimum Gasteiger partial charge on any atom is -0.480 e. The number of carbonyl (C=O) groups is 9. The van der Waals surface area contributed by atoms with E-state index in [-0.39, 0.29) is 55.6 Å². The summed E-state index contributed by atoms with van der Waals surface area (Å²) in [6.07, 6.45) is 3.95. The number of carbonyl (C=O) groups excluding carboxylic acids is 8. The molecule has 1 aromatic heterocycles. The number of primary amides is 1. The van der Waals surface area contributed by atoms with E-state index < -0.39 is 102 Å². The number of nitrogens with one attached hydrogen (secondary N) is 7. The highest BCUT2D eigenvalue weighted by Crippen LogP contribution is 2.20. The number of aliphatic hydroxyl groups is 1. The maximum atomic E-state index is 13.7. The number of nitrogens with two attached hydrogens (primary N) is 3. The Labute approximate surface area is 370 Å². The Morgan fingerprint density at radius 3 is 1.92 bits per heavy atom. The third-order valence-corrected chi connectivity index (χ3v) is 10.5. The van der Waals surface area contributed by atoms with E-state index in [1.165, 1.54) is 17.4 Å². The second-order valence-electron chi connectivity index (χ2n) is 15.2. The summed E-state index contributed by atoms with van der Waals surface area (Å²) in [7, 11) is 0. The van der Waals surface area contributed by atoms with Crippen LogP contribution in [0.15, 0.2) is 12.5 Å². The molecule has 8 atom stereocenters. The molecule has 2 rings (SSSR count). The van der Waals surface area contributed by atoms with E-state index in [0.717, 1.165) is 0 Å². The van der Waals surface area contributed by atoms with Crippen molar-refractivity contribution in [3.05, 3.63) is 18.2 Å². The number of likely N-dealkylation sites (tertiary alicyclic amines) is 1. The lowest BCUT2D eigenvalue weighted by atomic mass is 10.0. The summed E-state index contributed by atoms with van der Waals surface area (Å²) in [5, 5.41) is 34.3. The normalized spacial score (nSPS) is 17.0. The van der Waals surface area contributed by atoms with Gasteiger partial charge in [0.2, 0.25) is 47.3 Å². The number of carboxylic acids is 1. The zero-order valence-electron chi connectivity index (χ0n) is 34.8. The van der Waals surface area contributed by atoms with Crippen molar-refractivity contribution in [3.63, 3.8) is 0 Å². The monoisotopic (exact) mass is 914 g/mol. The number of amides is 8. The molecule has 1 aliphatic heterocycles. The van der Waals surface area contributed by atoms with Gasteiger partial charge in [-0.05, 0) is 57.4 Å². The predicted octanol–water partition coefficient (Wildman–Crippen LogP) is -4.44. The molecular weight excluding hydrogens is 853 g/mol. The van der Waals surface area contributed by atoms with Gasteiger partial charge in [0, 0.05) is 42.8 Å². The molecule has 62 heavy (non-hydrogen) atoms. The van der Waals surface area contributed by atoms with Crippen LogP contribution in [-0.2, 0) is 49.6 Å². The van der Waals surface area contributed by atoms with Gasteiger partial charge in [-0.1, -0.05) is 13.8 Å². The first kappa shape index (κ1) is 53.2. The molecule has 0 radical (unpaired) electrons. The minimum atomic E-state index is -1.63. The number of aromatic amines is 1. The third-order valence-electron chi connectivity index (χ3n) is 9.81. The van der Waals surface area contributed by atoms with E-state index in [0.29, 0.717) is 44.3 Å². The fourth-order valence-electron chi connectivity index (χ4n) is 6.47. The zero-order chi connectivity index (χ0) is 46.5. The Kier molecular flexibility index (Phi) is 23.3. The first-order valence-electron chi connectivity index (χ1n) is 20.3. The number of hydrogen-bond donors (Lipinski definition) is 14. The van der Waals surface area contributed by atoms with Crippen molar-refractivity contribution in [1.29, 1.82) is 0 Å². The number of thiol groups is 2. The van der Waals surface area contributed by atoms with Crippen LogP contribution in [0.25, 0.3) is 0 Å². The van der Waals surface area contributed by atoms with Gasteiger partial charge < -0.3 is 69.2 Å². The summed E-state index contributed by atoms with van der Waals surface area (Å²) in [6.45, 7) is 3.47. The number of rotatable bonds is 28. The van der Waals surface area contributed by atoms with Crippen molar-refractivity contribution in [2.45, 2.75) is 120 Å². The standard InChI is InChI=1S/C37H62N12O11S2/c1-19(2)12-21(39)36(58)49-11-5-7-28(49)35(57)48-27(17-62)34(56)46-25(15-50)32(54)47-26(16-61)33(55)43-22(6-3-4-10-38)30(52)45-24(13-20-14-41-18-42-20)31(53)44-23(37(59)60)8-9-29(40)51/h14,18-19,21-28,50,61-62H,3-13,15-17,38-39H2,1-2H3,(H2,40,51)(H,41,42)(H,43,55)(H,44,53)(H,45,52)(H,46,56)(H,47,54)(H,48,57)(H,59,60). The quantitative estimate of drug-likeness (QED) is 0.0279. The lowest BCUT2D eigenvalue weighted by Gasteiger charge is -2.29. The van der Waals surface area contributed by atoms with E-state index in [2.05, 4.69) is 67.1 Å². The number of aromatic nitrogens is 2. The molecule has 0 aromatic carbocycles. The maximum Gasteiger partial charge on any atom is 0.326 e. The van der Waals surface area contributed by atoms with Gasteiger partial charge in [0.05, 0.1) is 19.0 Å². The summed E-state index contributed by atoms with van der Waals surface area (Å²) in [5.41, 5.74) is 17.3. The van der Waals surface area contributed by atoms with Gasteiger partial charge in [-0.2, -0.15) is 25.3 Å². The van der Waals surface area contributed by atoms with Crippen molar-refractivity contribution in [2.75, 3.05) is 31.2 Å². The number of aliphatic hydroxyl groups excluding tert-OH is 1. The minimum absolute atomic E-state index is 0.0143. The van der Waals surface area contributed by atoms with Crippen molar-refractivity contribution >= 4 is 78.5 Å². The molecule has 348 valence electrons. The fourth-order valence-corrected chi connectivity index (χ4v) is 6.98. The van der Waals surface area contributed by atoms with E-state index in [9.17, 15) is 53.4 Å². The molecule has 0 spiro atoms. The molecule has 1 aromatic rings. The summed E-state index contributed by atoms with van der Waals surface area (Å²) < 4.78 is 0. The van der Waals surface area contributed by atoms with Gasteiger partial charge in [-0.3, -0.25) is 38.4 Å². The zero-order valence-corrected chi connectivity index (χ0v) is 36.6. The molecule has 1 aliphatic rings. The number of nitrogens with zero attached hydrogens (tertiary/aromatic N) is 2. The number of hydrogen-bond acceptors (Lipinski definition) is 15. The third kappa shape index (κ3) is 17.4. The van der Waals surface area contributed by atoms with Crippen LogP contribution < -0.4 is 49.1 Å². The number of imidazole rings is 1. The maximum absolute atomic E-state index is 13.7. The van der Waals surface area contributed by atoms with Crippen molar-refractivity contribution in [2.24, 2.45) is 23.1 Å².